The molecule has 1 aromatic rings. The number of hydrogen-bond donors (Lipinski definition) is 1. The summed E-state index contributed by atoms with van der Waals surface area (Å²) in [5, 5.41) is 0. The molecule has 0 aliphatic rings. The number of methoxy groups -OCH3 is 1. The lowest BCUT2D eigenvalue weighted by atomic mass is 10.3. The summed E-state index contributed by atoms with van der Waals surface area (Å²) in [6, 6.07) is 4.89. The van der Waals surface area contributed by atoms with Gasteiger partial charge in [-0.2, -0.15) is 0 Å². The highest BCUT2D eigenvalue weighted by Crippen LogP contribution is 2.22. The third kappa shape index (κ3) is 3.45. The number of nitrogen functional groups attached to an aromatic ring is 1. The van der Waals surface area contributed by atoms with Crippen molar-refractivity contribution in [2.75, 3.05) is 32.7 Å². The van der Waals surface area contributed by atoms with Gasteiger partial charge >= 0.3 is 0 Å². The van der Waals surface area contributed by atoms with Gasteiger partial charge in [0.2, 0.25) is 5.91 Å². The van der Waals surface area contributed by atoms with Crippen LogP contribution in [0, 0.1) is 0 Å². The van der Waals surface area contributed by atoms with Crippen molar-refractivity contribution in [2.45, 2.75) is 4.90 Å². The van der Waals surface area contributed by atoms with E-state index >= 15 is 0 Å². The Morgan fingerprint density at radius 3 is 2.65 bits per heavy atom. The standard InChI is InChI=1S/C11H16N2O3S/c1-13(2)11(14)7-17(15)10-6-8(16-3)4-5-9(10)12/h4-6H,7,12H2,1-3H3. The Bertz CT molecular complexity index is 446. The molecule has 0 aliphatic heterocycles. The van der Waals surface area contributed by atoms with Crippen molar-refractivity contribution >= 4 is 22.4 Å². The normalized spacial score (nSPS) is 11.9. The van der Waals surface area contributed by atoms with Crippen LogP contribution in [-0.2, 0) is 15.6 Å². The van der Waals surface area contributed by atoms with Crippen LogP contribution in [0.15, 0.2) is 23.1 Å². The van der Waals surface area contributed by atoms with E-state index in [0.29, 0.717) is 16.3 Å². The number of ether oxygens (including phenoxy) is 1. The minimum Gasteiger partial charge on any atom is -0.497 e. The summed E-state index contributed by atoms with van der Waals surface area (Å²) >= 11 is 0. The maximum atomic E-state index is 12.0. The van der Waals surface area contributed by atoms with Crippen molar-refractivity contribution in [3.05, 3.63) is 18.2 Å². The SMILES string of the molecule is COc1ccc(N)c(S(=O)CC(=O)N(C)C)c1. The Kier molecular flexibility index (Phi) is 4.51. The topological polar surface area (TPSA) is 72.6 Å². The summed E-state index contributed by atoms with van der Waals surface area (Å²) in [6.45, 7) is 0. The maximum absolute atomic E-state index is 12.0. The van der Waals surface area contributed by atoms with E-state index < -0.39 is 10.8 Å². The van der Waals surface area contributed by atoms with Crippen LogP contribution >= 0.6 is 0 Å². The molecule has 94 valence electrons. The van der Waals surface area contributed by atoms with Gasteiger partial charge < -0.3 is 15.4 Å². The molecule has 5 nitrogen and oxygen atoms in total. The van der Waals surface area contributed by atoms with Crippen molar-refractivity contribution in [2.24, 2.45) is 0 Å². The summed E-state index contributed by atoms with van der Waals surface area (Å²) < 4.78 is 17.0. The second-order valence-electron chi connectivity index (χ2n) is 3.68. The van der Waals surface area contributed by atoms with E-state index in [9.17, 15) is 9.00 Å². The third-order valence-electron chi connectivity index (χ3n) is 2.22. The number of carbonyl (C=O) groups excluding carboxylic acids is 1. The van der Waals surface area contributed by atoms with Gasteiger partial charge in [-0.05, 0) is 18.2 Å². The molecule has 2 N–H and O–H groups in total. The Morgan fingerprint density at radius 2 is 2.12 bits per heavy atom. The van der Waals surface area contributed by atoms with Gasteiger partial charge in [-0.3, -0.25) is 9.00 Å². The molecule has 1 aromatic carbocycles. The van der Waals surface area contributed by atoms with Gasteiger partial charge in [-0.15, -0.1) is 0 Å². The molecule has 1 unspecified atom stereocenters. The van der Waals surface area contributed by atoms with Crippen LogP contribution in [0.4, 0.5) is 5.69 Å². The van der Waals surface area contributed by atoms with E-state index in [1.54, 1.807) is 32.3 Å². The zero-order valence-electron chi connectivity index (χ0n) is 10.1. The lowest BCUT2D eigenvalue weighted by Crippen LogP contribution is -2.27. The molecule has 0 bridgehead atoms. The zero-order valence-corrected chi connectivity index (χ0v) is 10.9. The highest BCUT2D eigenvalue weighted by atomic mass is 32.2. The molecule has 0 saturated heterocycles. The summed E-state index contributed by atoms with van der Waals surface area (Å²) in [5.41, 5.74) is 6.12. The highest BCUT2D eigenvalue weighted by molar-refractivity contribution is 7.86. The van der Waals surface area contributed by atoms with Crippen LogP contribution in [-0.4, -0.2) is 42.0 Å². The molecular weight excluding hydrogens is 240 g/mol. The summed E-state index contributed by atoms with van der Waals surface area (Å²) in [4.78, 5) is 13.3. The van der Waals surface area contributed by atoms with Crippen LogP contribution in [0.2, 0.25) is 0 Å². The van der Waals surface area contributed by atoms with Crippen LogP contribution in [0.3, 0.4) is 0 Å². The number of nitrogens with two attached hydrogens (primary N) is 1. The summed E-state index contributed by atoms with van der Waals surface area (Å²) in [5.74, 6) is 0.287. The number of rotatable bonds is 4. The Labute approximate surface area is 103 Å². The fourth-order valence-electron chi connectivity index (χ4n) is 1.16. The first-order valence-electron chi connectivity index (χ1n) is 4.97. The number of carbonyl (C=O) groups is 1. The van der Waals surface area contributed by atoms with E-state index in [0.717, 1.165) is 0 Å². The first-order chi connectivity index (χ1) is 7.95. The Balaban J connectivity index is 2.92. The Hall–Kier alpha value is -1.56. The average Bonchev–Trinajstić information content (AvgIpc) is 2.29. The fraction of sp³-hybridized carbons (Fsp3) is 0.364. The van der Waals surface area contributed by atoms with Gasteiger partial charge in [0.15, 0.2) is 0 Å². The molecule has 1 atom stereocenters. The highest BCUT2D eigenvalue weighted by Gasteiger charge is 2.14. The number of amides is 1. The zero-order chi connectivity index (χ0) is 13.0. The van der Waals surface area contributed by atoms with E-state index in [2.05, 4.69) is 0 Å². The van der Waals surface area contributed by atoms with Crippen molar-refractivity contribution in [1.82, 2.24) is 4.90 Å². The lowest BCUT2D eigenvalue weighted by molar-refractivity contribution is -0.125. The molecule has 1 rings (SSSR count). The predicted octanol–water partition coefficient (Wildman–Crippen LogP) is 0.473. The van der Waals surface area contributed by atoms with Gasteiger partial charge in [0.05, 0.1) is 22.8 Å². The first kappa shape index (κ1) is 13.5. The molecule has 0 saturated carbocycles. The third-order valence-corrected chi connectivity index (χ3v) is 3.57. The second-order valence-corrected chi connectivity index (χ2v) is 5.10. The van der Waals surface area contributed by atoms with Crippen molar-refractivity contribution in [3.8, 4) is 5.75 Å². The molecule has 0 spiro atoms. The van der Waals surface area contributed by atoms with Crippen LogP contribution < -0.4 is 10.5 Å². The second kappa shape index (κ2) is 5.67. The minimum absolute atomic E-state index is 0.0790. The Morgan fingerprint density at radius 1 is 1.47 bits per heavy atom. The average molecular weight is 256 g/mol. The molecule has 0 fully saturated rings. The van der Waals surface area contributed by atoms with E-state index in [4.69, 9.17) is 10.5 Å². The van der Waals surface area contributed by atoms with Gasteiger partial charge in [-0.25, -0.2) is 0 Å². The van der Waals surface area contributed by atoms with E-state index in [-0.39, 0.29) is 11.7 Å². The van der Waals surface area contributed by atoms with Gasteiger partial charge in [-0.1, -0.05) is 0 Å². The molecular formula is C11H16N2O3S. The first-order valence-corrected chi connectivity index (χ1v) is 6.29. The fourth-order valence-corrected chi connectivity index (χ4v) is 2.37. The number of nitrogens with zero attached hydrogens (tertiary/aromatic N) is 1. The molecule has 0 aliphatic carbocycles. The van der Waals surface area contributed by atoms with Crippen LogP contribution in [0.1, 0.15) is 0 Å². The van der Waals surface area contributed by atoms with E-state index in [1.807, 2.05) is 0 Å². The number of anilines is 1. The predicted molar refractivity (Wildman–Crippen MR) is 67.4 cm³/mol. The van der Waals surface area contributed by atoms with Crippen molar-refractivity contribution < 1.29 is 13.7 Å². The minimum atomic E-state index is -1.45. The molecule has 0 heterocycles. The largest absolute Gasteiger partial charge is 0.497 e. The maximum Gasteiger partial charge on any atom is 0.235 e. The van der Waals surface area contributed by atoms with Crippen LogP contribution in [0.25, 0.3) is 0 Å². The molecule has 0 aromatic heterocycles. The van der Waals surface area contributed by atoms with Gasteiger partial charge in [0.25, 0.3) is 0 Å². The molecule has 17 heavy (non-hydrogen) atoms. The monoisotopic (exact) mass is 256 g/mol. The quantitative estimate of drug-likeness (QED) is 0.795. The van der Waals surface area contributed by atoms with Crippen molar-refractivity contribution in [1.29, 1.82) is 0 Å². The number of benzene rings is 1. The number of hydrogen-bond acceptors (Lipinski definition) is 4. The smallest absolute Gasteiger partial charge is 0.235 e. The molecule has 1 amide bonds. The van der Waals surface area contributed by atoms with Crippen LogP contribution in [0.5, 0.6) is 5.75 Å². The molecule has 6 heteroatoms. The molecule has 0 radical (unpaired) electrons. The summed E-state index contributed by atoms with van der Waals surface area (Å²) in [6.07, 6.45) is 0. The van der Waals surface area contributed by atoms with Gasteiger partial charge in [0.1, 0.15) is 11.5 Å². The van der Waals surface area contributed by atoms with Crippen molar-refractivity contribution in [3.63, 3.8) is 0 Å². The summed E-state index contributed by atoms with van der Waals surface area (Å²) in [7, 11) is 3.30. The van der Waals surface area contributed by atoms with E-state index in [1.165, 1.54) is 12.0 Å². The van der Waals surface area contributed by atoms with Gasteiger partial charge in [0, 0.05) is 19.8 Å². The lowest BCUT2D eigenvalue weighted by Gasteiger charge is -2.11.